The van der Waals surface area contributed by atoms with Crippen LogP contribution < -0.4 is 11.5 Å². The first-order chi connectivity index (χ1) is 6.12. The topological polar surface area (TPSA) is 89.3 Å². The van der Waals surface area contributed by atoms with Crippen LogP contribution in [0.4, 0.5) is 0 Å². The first-order valence-corrected chi connectivity index (χ1v) is 4.89. The largest absolute Gasteiger partial charge is 0.480 e. The van der Waals surface area contributed by atoms with E-state index < -0.39 is 23.0 Å². The Morgan fingerprint density at radius 1 is 1.43 bits per heavy atom. The molecule has 0 amide bonds. The van der Waals surface area contributed by atoms with Gasteiger partial charge in [-0.25, -0.2) is 0 Å². The van der Waals surface area contributed by atoms with Crippen molar-refractivity contribution in [1.29, 1.82) is 0 Å². The summed E-state index contributed by atoms with van der Waals surface area (Å²) in [5, 5.41) is 8.88. The Morgan fingerprint density at radius 2 is 1.86 bits per heavy atom. The lowest BCUT2D eigenvalue weighted by Gasteiger charge is -2.37. The van der Waals surface area contributed by atoms with Crippen LogP contribution in [0.15, 0.2) is 0 Å². The van der Waals surface area contributed by atoms with E-state index in [1.165, 1.54) is 0 Å². The monoisotopic (exact) mass is 202 g/mol. The van der Waals surface area contributed by atoms with Gasteiger partial charge in [0.25, 0.3) is 0 Å². The second kappa shape index (κ2) is 4.28. The number of hydrogen-bond donors (Lipinski definition) is 3. The molecule has 0 fully saturated rings. The molecule has 0 saturated heterocycles. The van der Waals surface area contributed by atoms with Crippen molar-refractivity contribution in [1.82, 2.24) is 0 Å². The van der Waals surface area contributed by atoms with Crippen molar-refractivity contribution in [3.05, 3.63) is 0 Å². The maximum absolute atomic E-state index is 10.8. The first kappa shape index (κ1) is 13.4. The normalized spacial score (nSPS) is 18.7. The number of carboxylic acids is 1. The zero-order valence-electron chi connectivity index (χ0n) is 9.50. The van der Waals surface area contributed by atoms with Crippen molar-refractivity contribution in [2.45, 2.75) is 52.1 Å². The van der Waals surface area contributed by atoms with Crippen LogP contribution >= 0.6 is 0 Å². The summed E-state index contributed by atoms with van der Waals surface area (Å²) in [5.41, 5.74) is 10.7. The molecule has 0 aliphatic carbocycles. The Balaban J connectivity index is 4.71. The molecule has 0 aromatic heterocycles. The molecule has 0 bridgehead atoms. The number of hydrogen-bond acceptors (Lipinski definition) is 3. The smallest absolute Gasteiger partial charge is 0.321 e. The predicted molar refractivity (Wildman–Crippen MR) is 56.9 cm³/mol. The summed E-state index contributed by atoms with van der Waals surface area (Å²) < 4.78 is 0. The molecule has 0 aromatic rings. The van der Waals surface area contributed by atoms with Crippen LogP contribution in [0.1, 0.15) is 40.5 Å². The van der Waals surface area contributed by atoms with Crippen LogP contribution in [-0.2, 0) is 4.79 Å². The van der Waals surface area contributed by atoms with Crippen molar-refractivity contribution >= 4 is 5.97 Å². The average molecular weight is 202 g/mol. The summed E-state index contributed by atoms with van der Waals surface area (Å²) in [4.78, 5) is 10.8. The Morgan fingerprint density at radius 3 is 2.07 bits per heavy atom. The van der Waals surface area contributed by atoms with Gasteiger partial charge in [0.2, 0.25) is 0 Å². The van der Waals surface area contributed by atoms with E-state index in [1.54, 1.807) is 0 Å². The molecule has 0 spiro atoms. The number of rotatable bonds is 5. The van der Waals surface area contributed by atoms with E-state index in [1.807, 2.05) is 27.7 Å². The first-order valence-electron chi connectivity index (χ1n) is 4.89. The Kier molecular flexibility index (Phi) is 4.09. The molecule has 0 aliphatic rings. The average Bonchev–Trinajstić information content (AvgIpc) is 1.99. The van der Waals surface area contributed by atoms with Crippen LogP contribution in [0.2, 0.25) is 0 Å². The zero-order valence-corrected chi connectivity index (χ0v) is 9.50. The Hall–Kier alpha value is -0.610. The summed E-state index contributed by atoms with van der Waals surface area (Å²) in [5.74, 6) is -0.960. The number of carbonyl (C=O) groups is 1. The molecule has 14 heavy (non-hydrogen) atoms. The van der Waals surface area contributed by atoms with E-state index in [2.05, 4.69) is 0 Å². The maximum atomic E-state index is 10.8. The maximum Gasteiger partial charge on any atom is 0.321 e. The zero-order chi connectivity index (χ0) is 11.6. The molecule has 0 rings (SSSR count). The van der Waals surface area contributed by atoms with E-state index in [9.17, 15) is 4.79 Å². The molecule has 4 nitrogen and oxygen atoms in total. The highest BCUT2D eigenvalue weighted by atomic mass is 16.4. The molecule has 4 heteroatoms. The summed E-state index contributed by atoms with van der Waals surface area (Å²) in [6.45, 7) is 7.58. The van der Waals surface area contributed by atoms with Crippen molar-refractivity contribution in [3.8, 4) is 0 Å². The summed E-state index contributed by atoms with van der Waals surface area (Å²) in [7, 11) is 0. The van der Waals surface area contributed by atoms with E-state index in [0.29, 0.717) is 12.8 Å². The second-order valence-electron chi connectivity index (χ2n) is 4.99. The van der Waals surface area contributed by atoms with Gasteiger partial charge in [-0.3, -0.25) is 4.79 Å². The van der Waals surface area contributed by atoms with Crippen LogP contribution in [0, 0.1) is 5.41 Å². The van der Waals surface area contributed by atoms with Gasteiger partial charge < -0.3 is 16.6 Å². The van der Waals surface area contributed by atoms with Crippen molar-refractivity contribution < 1.29 is 9.90 Å². The van der Waals surface area contributed by atoms with E-state index in [4.69, 9.17) is 16.6 Å². The van der Waals surface area contributed by atoms with Crippen molar-refractivity contribution in [3.63, 3.8) is 0 Å². The van der Waals surface area contributed by atoms with E-state index in [0.717, 1.165) is 0 Å². The Bertz CT molecular complexity index is 211. The Labute approximate surface area is 85.7 Å². The highest BCUT2D eigenvalue weighted by Gasteiger charge is 2.38. The third-order valence-electron chi connectivity index (χ3n) is 2.68. The molecule has 0 radical (unpaired) electrons. The van der Waals surface area contributed by atoms with Crippen LogP contribution in [0.5, 0.6) is 0 Å². The fourth-order valence-electron chi connectivity index (χ4n) is 1.79. The lowest BCUT2D eigenvalue weighted by atomic mass is 9.72. The lowest BCUT2D eigenvalue weighted by molar-refractivity contribution is -0.142. The van der Waals surface area contributed by atoms with Crippen LogP contribution in [-0.4, -0.2) is 22.7 Å². The molecule has 0 aliphatic heterocycles. The second-order valence-corrected chi connectivity index (χ2v) is 4.99. The minimum Gasteiger partial charge on any atom is -0.480 e. The lowest BCUT2D eigenvalue weighted by Crippen LogP contribution is -2.50. The quantitative estimate of drug-likeness (QED) is 0.619. The molecular weight excluding hydrogens is 180 g/mol. The standard InChI is InChI=1S/C10H22N2O2/c1-5-10(4,6-9(2,3)12)7(11)8(13)14/h7H,5-6,11-12H2,1-4H3,(H,13,14). The summed E-state index contributed by atoms with van der Waals surface area (Å²) in [6.07, 6.45) is 1.31. The van der Waals surface area contributed by atoms with Gasteiger partial charge in [-0.2, -0.15) is 0 Å². The van der Waals surface area contributed by atoms with E-state index in [-0.39, 0.29) is 0 Å². The summed E-state index contributed by atoms with van der Waals surface area (Å²) >= 11 is 0. The van der Waals surface area contributed by atoms with Gasteiger partial charge in [0.1, 0.15) is 6.04 Å². The highest BCUT2D eigenvalue weighted by molar-refractivity contribution is 5.74. The van der Waals surface area contributed by atoms with Gasteiger partial charge in [-0.1, -0.05) is 13.8 Å². The molecule has 0 aromatic carbocycles. The number of carboxylic acid groups (broad SMARTS) is 1. The predicted octanol–water partition coefficient (Wildman–Crippen LogP) is 0.942. The minimum absolute atomic E-state index is 0.391. The van der Waals surface area contributed by atoms with Crippen molar-refractivity contribution in [2.24, 2.45) is 16.9 Å². The SMILES string of the molecule is CCC(C)(CC(C)(C)N)C(N)C(=O)O. The molecule has 2 unspecified atom stereocenters. The number of aliphatic carboxylic acids is 1. The summed E-state index contributed by atoms with van der Waals surface area (Å²) in [6, 6.07) is -0.852. The van der Waals surface area contributed by atoms with Crippen molar-refractivity contribution in [2.75, 3.05) is 0 Å². The molecule has 84 valence electrons. The fraction of sp³-hybridized carbons (Fsp3) is 0.900. The molecule has 0 heterocycles. The van der Waals surface area contributed by atoms with Gasteiger partial charge in [0, 0.05) is 5.54 Å². The molecule has 0 saturated carbocycles. The molecular formula is C10H22N2O2. The fourth-order valence-corrected chi connectivity index (χ4v) is 1.79. The van der Waals surface area contributed by atoms with Gasteiger partial charge in [0.05, 0.1) is 0 Å². The minimum atomic E-state index is -0.960. The van der Waals surface area contributed by atoms with Gasteiger partial charge in [-0.05, 0) is 32.1 Å². The third-order valence-corrected chi connectivity index (χ3v) is 2.68. The van der Waals surface area contributed by atoms with Crippen LogP contribution in [0.3, 0.4) is 0 Å². The highest BCUT2D eigenvalue weighted by Crippen LogP contribution is 2.33. The van der Waals surface area contributed by atoms with Gasteiger partial charge in [0.15, 0.2) is 0 Å². The van der Waals surface area contributed by atoms with Gasteiger partial charge >= 0.3 is 5.97 Å². The third kappa shape index (κ3) is 3.64. The van der Waals surface area contributed by atoms with E-state index >= 15 is 0 Å². The number of nitrogens with two attached hydrogens (primary N) is 2. The molecule has 5 N–H and O–H groups in total. The van der Waals surface area contributed by atoms with Crippen LogP contribution in [0.25, 0.3) is 0 Å². The van der Waals surface area contributed by atoms with Gasteiger partial charge in [-0.15, -0.1) is 0 Å². The molecule has 2 atom stereocenters.